The Labute approximate surface area is 109 Å². The van der Waals surface area contributed by atoms with Gasteiger partial charge in [-0.2, -0.15) is 4.39 Å². The largest absolute Gasteiger partial charge is 0.492 e. The van der Waals surface area contributed by atoms with Crippen LogP contribution in [0.1, 0.15) is 38.6 Å². The van der Waals surface area contributed by atoms with Crippen LogP contribution in [0.15, 0.2) is 9.59 Å². The third kappa shape index (κ3) is 1.81. The summed E-state index contributed by atoms with van der Waals surface area (Å²) in [7, 11) is 0. The second kappa shape index (κ2) is 4.21. The first-order chi connectivity index (χ1) is 8.99. The van der Waals surface area contributed by atoms with E-state index in [1.54, 1.807) is 0 Å². The van der Waals surface area contributed by atoms with Crippen molar-refractivity contribution >= 4 is 0 Å². The van der Waals surface area contributed by atoms with Crippen LogP contribution in [0.5, 0.6) is 5.88 Å². The number of H-pyrrole nitrogens is 1. The molecular weight excluding hydrogens is 251 g/mol. The zero-order valence-electron chi connectivity index (χ0n) is 10.7. The number of fused-ring (bicyclic) bond motifs is 2. The summed E-state index contributed by atoms with van der Waals surface area (Å²) in [6.45, 7) is 1.81. The number of aromatic amines is 1. The fraction of sp³-hybridized carbons (Fsp3) is 0.692. The molecule has 0 amide bonds. The Bertz CT molecular complexity index is 621. The van der Waals surface area contributed by atoms with E-state index >= 15 is 0 Å². The van der Waals surface area contributed by atoms with Gasteiger partial charge in [-0.25, -0.2) is 4.79 Å². The highest BCUT2D eigenvalue weighted by atomic mass is 19.1. The zero-order valence-corrected chi connectivity index (χ0v) is 10.7. The van der Waals surface area contributed by atoms with Gasteiger partial charge in [0.15, 0.2) is 0 Å². The van der Waals surface area contributed by atoms with E-state index in [4.69, 9.17) is 0 Å². The molecule has 4 atom stereocenters. The van der Waals surface area contributed by atoms with Gasteiger partial charge in [-0.05, 0) is 43.9 Å². The molecule has 19 heavy (non-hydrogen) atoms. The summed E-state index contributed by atoms with van der Waals surface area (Å²) < 4.78 is 14.4. The lowest BCUT2D eigenvalue weighted by atomic mass is 9.84. The van der Waals surface area contributed by atoms with Crippen molar-refractivity contribution in [3.05, 3.63) is 26.7 Å². The first-order valence-corrected chi connectivity index (χ1v) is 6.72. The van der Waals surface area contributed by atoms with Crippen LogP contribution in [0.3, 0.4) is 0 Å². The van der Waals surface area contributed by atoms with E-state index in [0.29, 0.717) is 11.8 Å². The molecule has 1 aromatic rings. The van der Waals surface area contributed by atoms with Crippen molar-refractivity contribution in [1.29, 1.82) is 0 Å². The second-order valence-corrected chi connectivity index (χ2v) is 5.85. The lowest BCUT2D eigenvalue weighted by Gasteiger charge is -2.29. The fourth-order valence-electron chi connectivity index (χ4n) is 3.97. The lowest BCUT2D eigenvalue weighted by Crippen LogP contribution is -2.36. The van der Waals surface area contributed by atoms with Crippen LogP contribution in [0.4, 0.5) is 4.39 Å². The lowest BCUT2D eigenvalue weighted by molar-refractivity contribution is 0.216. The second-order valence-electron chi connectivity index (χ2n) is 5.85. The molecular formula is C13H17FN2O3. The van der Waals surface area contributed by atoms with Gasteiger partial charge in [0, 0.05) is 6.04 Å². The number of rotatable bonds is 2. The molecule has 2 saturated carbocycles. The molecule has 0 spiro atoms. The molecule has 0 aromatic carbocycles. The van der Waals surface area contributed by atoms with Gasteiger partial charge in [-0.1, -0.05) is 6.42 Å². The molecule has 2 fully saturated rings. The molecule has 2 aliphatic carbocycles. The number of aromatic hydroxyl groups is 1. The van der Waals surface area contributed by atoms with Gasteiger partial charge >= 0.3 is 5.69 Å². The molecule has 6 heteroatoms. The predicted molar refractivity (Wildman–Crippen MR) is 66.6 cm³/mol. The van der Waals surface area contributed by atoms with E-state index < -0.39 is 22.9 Å². The molecule has 3 rings (SSSR count). The molecule has 2 aliphatic rings. The maximum atomic E-state index is 13.5. The monoisotopic (exact) mass is 268 g/mol. The van der Waals surface area contributed by atoms with E-state index in [9.17, 15) is 19.1 Å². The standard InChI is InChI=1S/C13H17FN2O3/c1-6(9-5-7-2-3-8(9)4-7)16-12(18)10(14)11(17)15-13(16)19/h6-9,18H,2-5H2,1H3,(H,15,17,19). The number of halogens is 1. The third-order valence-electron chi connectivity index (χ3n) is 4.88. The normalized spacial score (nSPS) is 30.7. The first-order valence-electron chi connectivity index (χ1n) is 6.72. The highest BCUT2D eigenvalue weighted by molar-refractivity contribution is 5.11. The highest BCUT2D eigenvalue weighted by Gasteiger charge is 2.43. The molecule has 2 N–H and O–H groups in total. The maximum Gasteiger partial charge on any atom is 0.331 e. The summed E-state index contributed by atoms with van der Waals surface area (Å²) in [5.41, 5.74) is -1.90. The van der Waals surface area contributed by atoms with Crippen LogP contribution < -0.4 is 11.2 Å². The summed E-state index contributed by atoms with van der Waals surface area (Å²) in [5, 5.41) is 9.73. The van der Waals surface area contributed by atoms with Gasteiger partial charge in [0.2, 0.25) is 11.7 Å². The van der Waals surface area contributed by atoms with Crippen molar-refractivity contribution in [2.75, 3.05) is 0 Å². The molecule has 4 unspecified atom stereocenters. The Morgan fingerprint density at radius 3 is 2.68 bits per heavy atom. The third-order valence-corrected chi connectivity index (χ3v) is 4.88. The summed E-state index contributed by atoms with van der Waals surface area (Å²) in [5.74, 6) is -0.615. The Balaban J connectivity index is 2.01. The van der Waals surface area contributed by atoms with E-state index in [0.717, 1.165) is 23.8 Å². The molecule has 104 valence electrons. The smallest absolute Gasteiger partial charge is 0.331 e. The first kappa shape index (κ1) is 12.4. The van der Waals surface area contributed by atoms with E-state index in [-0.39, 0.29) is 12.0 Å². The van der Waals surface area contributed by atoms with Crippen molar-refractivity contribution in [3.63, 3.8) is 0 Å². The summed E-state index contributed by atoms with van der Waals surface area (Å²) in [4.78, 5) is 24.8. The molecule has 1 aromatic heterocycles. The van der Waals surface area contributed by atoms with Crippen LogP contribution in [-0.2, 0) is 0 Å². The van der Waals surface area contributed by atoms with Crippen molar-refractivity contribution in [1.82, 2.24) is 9.55 Å². The van der Waals surface area contributed by atoms with Crippen LogP contribution in [0, 0.1) is 23.6 Å². The van der Waals surface area contributed by atoms with Crippen molar-refractivity contribution < 1.29 is 9.50 Å². The number of aromatic nitrogens is 2. The van der Waals surface area contributed by atoms with Crippen LogP contribution in [0.25, 0.3) is 0 Å². The highest BCUT2D eigenvalue weighted by Crippen LogP contribution is 2.52. The van der Waals surface area contributed by atoms with Gasteiger partial charge in [0.05, 0.1) is 0 Å². The van der Waals surface area contributed by atoms with Crippen molar-refractivity contribution in [3.8, 4) is 5.88 Å². The van der Waals surface area contributed by atoms with Crippen molar-refractivity contribution in [2.45, 2.75) is 38.6 Å². The average molecular weight is 268 g/mol. The minimum absolute atomic E-state index is 0.271. The van der Waals surface area contributed by atoms with E-state index in [2.05, 4.69) is 0 Å². The molecule has 0 aliphatic heterocycles. The average Bonchev–Trinajstić information content (AvgIpc) is 2.98. The SMILES string of the molecule is CC(C1CC2CCC1C2)n1c(O)c(F)c(=O)[nH]c1=O. The topological polar surface area (TPSA) is 75.1 Å². The number of hydrogen-bond acceptors (Lipinski definition) is 3. The minimum atomic E-state index is -1.28. The molecule has 5 nitrogen and oxygen atoms in total. The van der Waals surface area contributed by atoms with E-state index in [1.165, 1.54) is 6.42 Å². The quantitative estimate of drug-likeness (QED) is 0.850. The maximum absolute atomic E-state index is 13.5. The van der Waals surface area contributed by atoms with Gasteiger partial charge in [-0.15, -0.1) is 0 Å². The Morgan fingerprint density at radius 1 is 1.37 bits per heavy atom. The summed E-state index contributed by atoms with van der Waals surface area (Å²) >= 11 is 0. The zero-order chi connectivity index (χ0) is 13.7. The fourth-order valence-corrected chi connectivity index (χ4v) is 3.97. The molecule has 0 saturated heterocycles. The number of nitrogens with zero attached hydrogens (tertiary/aromatic N) is 1. The minimum Gasteiger partial charge on any atom is -0.492 e. The Morgan fingerprint density at radius 2 is 2.11 bits per heavy atom. The predicted octanol–water partition coefficient (Wildman–Crippen LogP) is 1.38. The van der Waals surface area contributed by atoms with Crippen LogP contribution >= 0.6 is 0 Å². The molecule has 0 radical (unpaired) electrons. The summed E-state index contributed by atoms with van der Waals surface area (Å²) in [6, 6.07) is -0.297. The van der Waals surface area contributed by atoms with Crippen LogP contribution in [-0.4, -0.2) is 14.7 Å². The number of hydrogen-bond donors (Lipinski definition) is 2. The molecule has 1 heterocycles. The summed E-state index contributed by atoms with van der Waals surface area (Å²) in [6.07, 6.45) is 4.55. The van der Waals surface area contributed by atoms with Gasteiger partial charge in [-0.3, -0.25) is 14.3 Å². The van der Waals surface area contributed by atoms with Crippen molar-refractivity contribution in [2.24, 2.45) is 17.8 Å². The Kier molecular flexibility index (Phi) is 2.76. The van der Waals surface area contributed by atoms with Crippen LogP contribution in [0.2, 0.25) is 0 Å². The Hall–Kier alpha value is -1.59. The number of nitrogens with one attached hydrogen (secondary N) is 1. The van der Waals surface area contributed by atoms with Gasteiger partial charge < -0.3 is 5.11 Å². The van der Waals surface area contributed by atoms with Gasteiger partial charge in [0.1, 0.15) is 0 Å². The van der Waals surface area contributed by atoms with Gasteiger partial charge in [0.25, 0.3) is 5.56 Å². The van der Waals surface area contributed by atoms with E-state index in [1.807, 2.05) is 11.9 Å². The molecule has 2 bridgehead atoms.